The van der Waals surface area contributed by atoms with Crippen LogP contribution >= 0.6 is 0 Å². The molecule has 2 rings (SSSR count). The van der Waals surface area contributed by atoms with E-state index >= 15 is 0 Å². The van der Waals surface area contributed by atoms with Gasteiger partial charge in [-0.3, -0.25) is 9.59 Å². The number of primary amides is 1. The first-order valence-electron chi connectivity index (χ1n) is 5.46. The highest BCUT2D eigenvalue weighted by Crippen LogP contribution is 2.30. The molecule has 15 heavy (non-hydrogen) atoms. The Labute approximate surface area is 88.8 Å². The zero-order valence-electron chi connectivity index (χ0n) is 8.69. The van der Waals surface area contributed by atoms with Gasteiger partial charge in [0.1, 0.15) is 6.04 Å². The van der Waals surface area contributed by atoms with Crippen molar-refractivity contribution < 1.29 is 9.59 Å². The SMILES string of the molecule is NC(=O)C1CCN1C(=O)C(N)C1CCC1. The van der Waals surface area contributed by atoms with Crippen LogP contribution < -0.4 is 11.5 Å². The summed E-state index contributed by atoms with van der Waals surface area (Å²) in [6, 6.07) is -0.843. The Morgan fingerprint density at radius 1 is 1.27 bits per heavy atom. The lowest BCUT2D eigenvalue weighted by Crippen LogP contribution is -2.62. The van der Waals surface area contributed by atoms with E-state index in [1.807, 2.05) is 0 Å². The largest absolute Gasteiger partial charge is 0.368 e. The standard InChI is InChI=1S/C10H17N3O2/c11-8(6-2-1-3-6)10(15)13-5-4-7(13)9(12)14/h6-8H,1-5,11H2,(H2,12,14). The van der Waals surface area contributed by atoms with Gasteiger partial charge in [-0.1, -0.05) is 6.42 Å². The molecule has 1 saturated heterocycles. The van der Waals surface area contributed by atoms with Crippen LogP contribution in [0.1, 0.15) is 25.7 Å². The van der Waals surface area contributed by atoms with Gasteiger partial charge in [-0.05, 0) is 25.2 Å². The minimum absolute atomic E-state index is 0.102. The molecule has 1 heterocycles. The number of likely N-dealkylation sites (tertiary alicyclic amines) is 1. The van der Waals surface area contributed by atoms with Crippen molar-refractivity contribution in [1.29, 1.82) is 0 Å². The molecule has 2 fully saturated rings. The maximum absolute atomic E-state index is 11.9. The van der Waals surface area contributed by atoms with E-state index in [-0.39, 0.29) is 5.91 Å². The third kappa shape index (κ3) is 1.71. The van der Waals surface area contributed by atoms with Gasteiger partial charge in [0.2, 0.25) is 11.8 Å². The van der Waals surface area contributed by atoms with Crippen LogP contribution in [-0.2, 0) is 9.59 Å². The van der Waals surface area contributed by atoms with Crippen LogP contribution in [0.4, 0.5) is 0 Å². The van der Waals surface area contributed by atoms with E-state index in [0.29, 0.717) is 18.9 Å². The van der Waals surface area contributed by atoms with Gasteiger partial charge in [0.25, 0.3) is 0 Å². The number of hydrogen-bond donors (Lipinski definition) is 2. The lowest BCUT2D eigenvalue weighted by atomic mass is 9.79. The Balaban J connectivity index is 1.92. The Hall–Kier alpha value is -1.10. The molecule has 2 aliphatic rings. The van der Waals surface area contributed by atoms with Crippen molar-refractivity contribution in [3.05, 3.63) is 0 Å². The first kappa shape index (κ1) is 10.4. The summed E-state index contributed by atoms with van der Waals surface area (Å²) < 4.78 is 0. The maximum Gasteiger partial charge on any atom is 0.240 e. The second-order valence-corrected chi connectivity index (χ2v) is 4.46. The molecule has 0 aromatic heterocycles. The number of rotatable bonds is 3. The molecule has 0 radical (unpaired) electrons. The molecule has 2 unspecified atom stereocenters. The van der Waals surface area contributed by atoms with Crippen LogP contribution in [0.3, 0.4) is 0 Å². The minimum atomic E-state index is -0.430. The number of amides is 2. The third-order valence-electron chi connectivity index (χ3n) is 3.57. The van der Waals surface area contributed by atoms with Gasteiger partial charge in [-0.2, -0.15) is 0 Å². The van der Waals surface area contributed by atoms with Gasteiger partial charge in [0, 0.05) is 6.54 Å². The van der Waals surface area contributed by atoms with Crippen LogP contribution in [0, 0.1) is 5.92 Å². The van der Waals surface area contributed by atoms with Crippen molar-refractivity contribution in [3.8, 4) is 0 Å². The fourth-order valence-electron chi connectivity index (χ4n) is 2.14. The molecular weight excluding hydrogens is 194 g/mol. The van der Waals surface area contributed by atoms with Crippen LogP contribution in [0.15, 0.2) is 0 Å². The average Bonchev–Trinajstić information content (AvgIpc) is 1.96. The molecule has 1 aliphatic heterocycles. The zero-order valence-corrected chi connectivity index (χ0v) is 8.69. The number of carbonyl (C=O) groups is 2. The first-order valence-corrected chi connectivity index (χ1v) is 5.46. The van der Waals surface area contributed by atoms with E-state index in [1.165, 1.54) is 4.90 Å². The van der Waals surface area contributed by atoms with Gasteiger partial charge < -0.3 is 16.4 Å². The fourth-order valence-corrected chi connectivity index (χ4v) is 2.14. The van der Waals surface area contributed by atoms with Gasteiger partial charge in [-0.15, -0.1) is 0 Å². The number of carbonyl (C=O) groups excluding carboxylic acids is 2. The average molecular weight is 211 g/mol. The third-order valence-corrected chi connectivity index (χ3v) is 3.57. The smallest absolute Gasteiger partial charge is 0.240 e. The quantitative estimate of drug-likeness (QED) is 0.640. The van der Waals surface area contributed by atoms with E-state index in [4.69, 9.17) is 11.5 Å². The van der Waals surface area contributed by atoms with E-state index in [9.17, 15) is 9.59 Å². The van der Waals surface area contributed by atoms with Crippen LogP contribution in [0.25, 0.3) is 0 Å². The van der Waals surface area contributed by atoms with E-state index < -0.39 is 18.0 Å². The summed E-state index contributed by atoms with van der Waals surface area (Å²) in [6.45, 7) is 0.618. The highest BCUT2D eigenvalue weighted by Gasteiger charge is 2.41. The molecule has 0 bridgehead atoms. The van der Waals surface area contributed by atoms with Crippen LogP contribution in [0.2, 0.25) is 0 Å². The first-order chi connectivity index (χ1) is 7.11. The maximum atomic E-state index is 11.9. The van der Waals surface area contributed by atoms with Crippen LogP contribution in [0.5, 0.6) is 0 Å². The van der Waals surface area contributed by atoms with Crippen molar-refractivity contribution in [3.63, 3.8) is 0 Å². The molecule has 5 nitrogen and oxygen atoms in total. The topological polar surface area (TPSA) is 89.4 Å². The Morgan fingerprint density at radius 3 is 2.27 bits per heavy atom. The molecule has 2 atom stereocenters. The number of nitrogens with two attached hydrogens (primary N) is 2. The van der Waals surface area contributed by atoms with Gasteiger partial charge in [0.05, 0.1) is 6.04 Å². The summed E-state index contributed by atoms with van der Waals surface area (Å²) in [5.74, 6) is -0.211. The lowest BCUT2D eigenvalue weighted by Gasteiger charge is -2.42. The summed E-state index contributed by atoms with van der Waals surface area (Å²) >= 11 is 0. The van der Waals surface area contributed by atoms with Crippen molar-refractivity contribution in [1.82, 2.24) is 4.90 Å². The Kier molecular flexibility index (Phi) is 2.65. The summed E-state index contributed by atoms with van der Waals surface area (Å²) in [6.07, 6.45) is 3.90. The summed E-state index contributed by atoms with van der Waals surface area (Å²) in [5.41, 5.74) is 11.0. The van der Waals surface area contributed by atoms with Gasteiger partial charge in [0.15, 0.2) is 0 Å². The van der Waals surface area contributed by atoms with E-state index in [0.717, 1.165) is 19.3 Å². The second-order valence-electron chi connectivity index (χ2n) is 4.46. The molecule has 5 heteroatoms. The minimum Gasteiger partial charge on any atom is -0.368 e. The predicted molar refractivity (Wildman–Crippen MR) is 54.6 cm³/mol. The summed E-state index contributed by atoms with van der Waals surface area (Å²) in [4.78, 5) is 24.3. The molecule has 84 valence electrons. The molecule has 4 N–H and O–H groups in total. The monoisotopic (exact) mass is 211 g/mol. The van der Waals surface area contributed by atoms with E-state index in [2.05, 4.69) is 0 Å². The van der Waals surface area contributed by atoms with Crippen molar-refractivity contribution in [2.24, 2.45) is 17.4 Å². The Morgan fingerprint density at radius 2 is 1.93 bits per heavy atom. The van der Waals surface area contributed by atoms with Crippen LogP contribution in [-0.4, -0.2) is 35.3 Å². The van der Waals surface area contributed by atoms with Crippen molar-refractivity contribution in [2.45, 2.75) is 37.8 Å². The van der Waals surface area contributed by atoms with E-state index in [1.54, 1.807) is 0 Å². The predicted octanol–water partition coefficient (Wildman–Crippen LogP) is -0.800. The normalized spacial score (nSPS) is 27.8. The van der Waals surface area contributed by atoms with Crippen molar-refractivity contribution in [2.75, 3.05) is 6.54 Å². The molecule has 0 aromatic rings. The molecule has 0 spiro atoms. The summed E-state index contributed by atoms with van der Waals surface area (Å²) in [5, 5.41) is 0. The Bertz CT molecular complexity index is 288. The van der Waals surface area contributed by atoms with Gasteiger partial charge in [-0.25, -0.2) is 0 Å². The lowest BCUT2D eigenvalue weighted by molar-refractivity contribution is -0.148. The summed E-state index contributed by atoms with van der Waals surface area (Å²) in [7, 11) is 0. The zero-order chi connectivity index (χ0) is 11.0. The highest BCUT2D eigenvalue weighted by molar-refractivity contribution is 5.90. The highest BCUT2D eigenvalue weighted by atomic mass is 16.2. The van der Waals surface area contributed by atoms with Gasteiger partial charge >= 0.3 is 0 Å². The fraction of sp³-hybridized carbons (Fsp3) is 0.800. The second kappa shape index (κ2) is 3.81. The molecule has 2 amide bonds. The molecule has 1 saturated carbocycles. The number of nitrogens with zero attached hydrogens (tertiary/aromatic N) is 1. The molecular formula is C10H17N3O2. The molecule has 0 aromatic carbocycles. The van der Waals surface area contributed by atoms with Crippen molar-refractivity contribution >= 4 is 11.8 Å². The molecule has 1 aliphatic carbocycles. The number of hydrogen-bond acceptors (Lipinski definition) is 3.